The SMILES string of the molecule is O=C(CCN1C(=O)S/C(=C/c2ccccc2Cl)C1=O)N[C@H]1CCS(=O)(=O)C1. The summed E-state index contributed by atoms with van der Waals surface area (Å²) in [6.45, 7) is -0.0597. The molecule has 2 fully saturated rings. The molecule has 1 aromatic carbocycles. The van der Waals surface area contributed by atoms with Crippen molar-refractivity contribution >= 4 is 56.3 Å². The van der Waals surface area contributed by atoms with Gasteiger partial charge in [0.15, 0.2) is 9.84 Å². The van der Waals surface area contributed by atoms with Crippen LogP contribution < -0.4 is 5.32 Å². The number of carbonyl (C=O) groups excluding carboxylic acids is 3. The molecule has 27 heavy (non-hydrogen) atoms. The van der Waals surface area contributed by atoms with Crippen molar-refractivity contribution in [2.75, 3.05) is 18.1 Å². The first kappa shape index (κ1) is 19.9. The first-order valence-corrected chi connectivity index (χ1v) is 11.3. The largest absolute Gasteiger partial charge is 0.352 e. The second-order valence-electron chi connectivity index (χ2n) is 6.27. The highest BCUT2D eigenvalue weighted by Gasteiger charge is 2.35. The molecule has 0 spiro atoms. The quantitative estimate of drug-likeness (QED) is 0.720. The number of hydrogen-bond donors (Lipinski definition) is 1. The third kappa shape index (κ3) is 4.91. The molecule has 1 aromatic rings. The van der Waals surface area contributed by atoms with Crippen molar-refractivity contribution in [2.24, 2.45) is 0 Å². The van der Waals surface area contributed by atoms with Gasteiger partial charge >= 0.3 is 0 Å². The lowest BCUT2D eigenvalue weighted by Gasteiger charge is -2.14. The highest BCUT2D eigenvalue weighted by molar-refractivity contribution is 8.18. The van der Waals surface area contributed by atoms with Gasteiger partial charge in [-0.05, 0) is 35.9 Å². The highest BCUT2D eigenvalue weighted by Crippen LogP contribution is 2.33. The Balaban J connectivity index is 1.58. The number of nitrogens with one attached hydrogen (secondary N) is 1. The summed E-state index contributed by atoms with van der Waals surface area (Å²) in [4.78, 5) is 37.8. The van der Waals surface area contributed by atoms with E-state index < -0.39 is 27.0 Å². The van der Waals surface area contributed by atoms with Gasteiger partial charge in [-0.3, -0.25) is 19.3 Å². The Kier molecular flexibility index (Phi) is 5.92. The van der Waals surface area contributed by atoms with Gasteiger partial charge in [-0.1, -0.05) is 29.8 Å². The number of carbonyl (C=O) groups is 3. The average Bonchev–Trinajstić information content (AvgIpc) is 3.07. The summed E-state index contributed by atoms with van der Waals surface area (Å²) in [5.41, 5.74) is 0.629. The van der Waals surface area contributed by atoms with Gasteiger partial charge in [0.05, 0.1) is 16.4 Å². The molecule has 2 aliphatic rings. The maximum atomic E-state index is 12.4. The van der Waals surface area contributed by atoms with E-state index in [1.165, 1.54) is 0 Å². The van der Waals surface area contributed by atoms with Crippen molar-refractivity contribution in [1.82, 2.24) is 10.2 Å². The van der Waals surface area contributed by atoms with Crippen LogP contribution in [0, 0.1) is 0 Å². The zero-order valence-electron chi connectivity index (χ0n) is 14.2. The molecule has 144 valence electrons. The van der Waals surface area contributed by atoms with Crippen LogP contribution in [-0.2, 0) is 19.4 Å². The molecule has 3 amide bonds. The molecule has 0 saturated carbocycles. The Labute approximate surface area is 166 Å². The van der Waals surface area contributed by atoms with Crippen LogP contribution in [0.1, 0.15) is 18.4 Å². The lowest BCUT2D eigenvalue weighted by Crippen LogP contribution is -2.38. The van der Waals surface area contributed by atoms with Crippen LogP contribution in [0.4, 0.5) is 4.79 Å². The molecule has 2 heterocycles. The number of sulfone groups is 1. The smallest absolute Gasteiger partial charge is 0.293 e. The third-order valence-electron chi connectivity index (χ3n) is 4.23. The summed E-state index contributed by atoms with van der Waals surface area (Å²) in [5.74, 6) is -0.859. The number of rotatable bonds is 5. The monoisotopic (exact) mass is 428 g/mol. The molecule has 0 aromatic heterocycles. The van der Waals surface area contributed by atoms with Crippen molar-refractivity contribution < 1.29 is 22.8 Å². The van der Waals surface area contributed by atoms with Crippen LogP contribution in [0.15, 0.2) is 29.2 Å². The van der Waals surface area contributed by atoms with Crippen LogP contribution in [0.5, 0.6) is 0 Å². The minimum atomic E-state index is -3.08. The maximum absolute atomic E-state index is 12.4. The van der Waals surface area contributed by atoms with E-state index in [4.69, 9.17) is 11.6 Å². The van der Waals surface area contributed by atoms with Gasteiger partial charge in [0.1, 0.15) is 0 Å². The molecule has 2 saturated heterocycles. The Morgan fingerprint density at radius 1 is 1.33 bits per heavy atom. The summed E-state index contributed by atoms with van der Waals surface area (Å²) in [7, 11) is -3.08. The van der Waals surface area contributed by atoms with Crippen LogP contribution in [0.2, 0.25) is 5.02 Å². The minimum Gasteiger partial charge on any atom is -0.352 e. The summed E-state index contributed by atoms with van der Waals surface area (Å²) >= 11 is 6.87. The van der Waals surface area contributed by atoms with Crippen LogP contribution >= 0.6 is 23.4 Å². The standard InChI is InChI=1S/C17H17ClN2O5S2/c18-13-4-2-1-3-11(13)9-14-16(22)20(17(23)26-14)7-5-15(21)19-12-6-8-27(24,25)10-12/h1-4,9,12H,5-8,10H2,(H,19,21)/b14-9+/t12-/m0/s1. The molecule has 0 bridgehead atoms. The number of nitrogens with zero attached hydrogens (tertiary/aromatic N) is 1. The van der Waals surface area contributed by atoms with E-state index >= 15 is 0 Å². The van der Waals surface area contributed by atoms with Crippen molar-refractivity contribution in [3.05, 3.63) is 39.8 Å². The van der Waals surface area contributed by atoms with Crippen molar-refractivity contribution in [3.63, 3.8) is 0 Å². The number of hydrogen-bond acceptors (Lipinski definition) is 6. The Hall–Kier alpha value is -1.84. The lowest BCUT2D eigenvalue weighted by atomic mass is 10.2. The van der Waals surface area contributed by atoms with Crippen LogP contribution in [0.25, 0.3) is 6.08 Å². The van der Waals surface area contributed by atoms with Gasteiger partial charge in [0.25, 0.3) is 11.1 Å². The molecular formula is C17H17ClN2O5S2. The Morgan fingerprint density at radius 2 is 2.07 bits per heavy atom. The molecule has 1 N–H and O–H groups in total. The van der Waals surface area contributed by atoms with Gasteiger partial charge < -0.3 is 5.32 Å². The maximum Gasteiger partial charge on any atom is 0.293 e. The number of amides is 3. The predicted molar refractivity (Wildman–Crippen MR) is 104 cm³/mol. The molecule has 0 radical (unpaired) electrons. The number of thioether (sulfide) groups is 1. The van der Waals surface area contributed by atoms with Crippen molar-refractivity contribution in [2.45, 2.75) is 18.9 Å². The fraction of sp³-hybridized carbons (Fsp3) is 0.353. The van der Waals surface area contributed by atoms with Crippen molar-refractivity contribution in [3.8, 4) is 0 Å². The van der Waals surface area contributed by atoms with E-state index in [1.807, 2.05) is 0 Å². The minimum absolute atomic E-state index is 0.0597. The zero-order chi connectivity index (χ0) is 19.6. The van der Waals surface area contributed by atoms with E-state index in [9.17, 15) is 22.8 Å². The van der Waals surface area contributed by atoms with Gasteiger partial charge in [-0.25, -0.2) is 8.42 Å². The molecule has 0 unspecified atom stereocenters. The average molecular weight is 429 g/mol. The second kappa shape index (κ2) is 8.04. The first-order chi connectivity index (χ1) is 12.7. The topological polar surface area (TPSA) is 101 Å². The molecule has 0 aliphatic carbocycles. The Morgan fingerprint density at radius 3 is 2.74 bits per heavy atom. The van der Waals surface area contributed by atoms with Gasteiger partial charge in [0, 0.05) is 24.0 Å². The summed E-state index contributed by atoms with van der Waals surface area (Å²) in [6.07, 6.45) is 1.86. The number of imide groups is 1. The van der Waals surface area contributed by atoms with E-state index in [0.717, 1.165) is 16.7 Å². The van der Waals surface area contributed by atoms with Gasteiger partial charge in [-0.2, -0.15) is 0 Å². The van der Waals surface area contributed by atoms with Crippen molar-refractivity contribution in [1.29, 1.82) is 0 Å². The fourth-order valence-corrected chi connectivity index (χ4v) is 5.57. The highest BCUT2D eigenvalue weighted by atomic mass is 35.5. The van der Waals surface area contributed by atoms with E-state index in [2.05, 4.69) is 5.32 Å². The predicted octanol–water partition coefficient (Wildman–Crippen LogP) is 2.07. The molecular weight excluding hydrogens is 412 g/mol. The van der Waals surface area contributed by atoms with Gasteiger partial charge in [-0.15, -0.1) is 0 Å². The second-order valence-corrected chi connectivity index (χ2v) is 9.90. The normalized spacial score (nSPS) is 23.2. The molecule has 3 rings (SSSR count). The fourth-order valence-electron chi connectivity index (χ4n) is 2.85. The van der Waals surface area contributed by atoms with Gasteiger partial charge in [0.2, 0.25) is 5.91 Å². The lowest BCUT2D eigenvalue weighted by molar-refractivity contribution is -0.124. The Bertz CT molecular complexity index is 929. The number of halogens is 1. The van der Waals surface area contributed by atoms with E-state index in [0.29, 0.717) is 17.0 Å². The van der Waals surface area contributed by atoms with Crippen LogP contribution in [-0.4, -0.2) is 54.5 Å². The van der Waals surface area contributed by atoms with E-state index in [-0.39, 0.29) is 35.3 Å². The summed E-state index contributed by atoms with van der Waals surface area (Å²) in [5, 5.41) is 2.66. The number of benzene rings is 1. The molecule has 2 aliphatic heterocycles. The van der Waals surface area contributed by atoms with Crippen LogP contribution in [0.3, 0.4) is 0 Å². The zero-order valence-corrected chi connectivity index (χ0v) is 16.6. The molecule has 7 nitrogen and oxygen atoms in total. The molecule has 10 heteroatoms. The molecule has 1 atom stereocenters. The first-order valence-electron chi connectivity index (χ1n) is 8.25. The van der Waals surface area contributed by atoms with E-state index in [1.54, 1.807) is 30.3 Å². The third-order valence-corrected chi connectivity index (χ3v) is 7.24. The summed E-state index contributed by atoms with van der Waals surface area (Å²) < 4.78 is 22.8. The summed E-state index contributed by atoms with van der Waals surface area (Å²) in [6, 6.07) is 6.55.